The monoisotopic (exact) mass is 550 g/mol. The molecule has 0 amide bonds. The van der Waals surface area contributed by atoms with Gasteiger partial charge in [0.2, 0.25) is 0 Å². The number of hydrogen-bond donors (Lipinski definition) is 0. The zero-order chi connectivity index (χ0) is 30.4. The van der Waals surface area contributed by atoms with E-state index >= 15 is 0 Å². The first-order valence-corrected chi connectivity index (χ1v) is 15.2. The molecule has 216 valence electrons. The van der Waals surface area contributed by atoms with Crippen LogP contribution < -0.4 is 0 Å². The number of carbonyl (C=O) groups excluding carboxylic acids is 3. The number of aryl methyl sites for hydroxylation is 1. The molecule has 0 saturated carbocycles. The average molecular weight is 551 g/mol. The number of benzene rings is 2. The van der Waals surface area contributed by atoms with Crippen molar-refractivity contribution in [2.24, 2.45) is 16.2 Å². The molecule has 41 heavy (non-hydrogen) atoms. The van der Waals surface area contributed by atoms with Crippen molar-refractivity contribution in [3.05, 3.63) is 80.4 Å². The van der Waals surface area contributed by atoms with Crippen LogP contribution in [0.3, 0.4) is 0 Å². The van der Waals surface area contributed by atoms with Gasteiger partial charge in [-0.15, -0.1) is 0 Å². The Labute approximate surface area is 246 Å². The minimum absolute atomic E-state index is 0.0664. The third-order valence-corrected chi connectivity index (χ3v) is 11.1. The SMILES string of the molecule is CCc1cc(-c2ccc(C(C)(C)C)cc2)c2c(c1C)C(=O)C1=C(C)C3(C)C(=O)C(C(C)=O)=C(C)CC3(C)CC1(C)C2. The zero-order valence-corrected chi connectivity index (χ0v) is 26.9. The van der Waals surface area contributed by atoms with Gasteiger partial charge < -0.3 is 0 Å². The standard InChI is InChI=1S/C38H46O3/c1-12-25-17-28(26-13-15-27(16-14-26)35(6,7)8)29-19-36(9)20-37(10)18-21(2)30(24(5)39)34(41)38(37,11)23(4)32(36)33(40)31(29)22(25)3/h13-17H,12,18-20H2,1-11H3. The van der Waals surface area contributed by atoms with Crippen LogP contribution in [-0.4, -0.2) is 17.3 Å². The molecular formula is C38H46O3. The Bertz CT molecular complexity index is 1590. The predicted octanol–water partition coefficient (Wildman–Crippen LogP) is 8.88. The van der Waals surface area contributed by atoms with Gasteiger partial charge in [-0.2, -0.15) is 0 Å². The van der Waals surface area contributed by atoms with Crippen LogP contribution in [-0.2, 0) is 27.8 Å². The molecule has 0 aromatic heterocycles. The van der Waals surface area contributed by atoms with Crippen molar-refractivity contribution in [1.29, 1.82) is 0 Å². The minimum atomic E-state index is -0.891. The summed E-state index contributed by atoms with van der Waals surface area (Å²) in [6.07, 6.45) is 3.00. The fourth-order valence-corrected chi connectivity index (χ4v) is 8.81. The third-order valence-electron chi connectivity index (χ3n) is 11.1. The van der Waals surface area contributed by atoms with E-state index in [2.05, 4.69) is 78.8 Å². The molecule has 5 rings (SSSR count). The number of ketones is 3. The molecule has 0 saturated heterocycles. The van der Waals surface area contributed by atoms with Crippen LogP contribution in [0.4, 0.5) is 0 Å². The first-order chi connectivity index (χ1) is 18.9. The minimum Gasteiger partial charge on any atom is -0.294 e. The van der Waals surface area contributed by atoms with E-state index in [4.69, 9.17) is 0 Å². The molecule has 0 N–H and O–H groups in total. The molecule has 3 nitrogen and oxygen atoms in total. The second-order valence-corrected chi connectivity index (χ2v) is 14.9. The lowest BCUT2D eigenvalue weighted by Crippen LogP contribution is -2.57. The number of allylic oxidation sites excluding steroid dienone is 4. The van der Waals surface area contributed by atoms with Crippen LogP contribution in [0.5, 0.6) is 0 Å². The second-order valence-electron chi connectivity index (χ2n) is 14.9. The van der Waals surface area contributed by atoms with Crippen LogP contribution in [0.15, 0.2) is 52.6 Å². The van der Waals surface area contributed by atoms with E-state index in [-0.39, 0.29) is 28.2 Å². The lowest BCUT2D eigenvalue weighted by molar-refractivity contribution is -0.134. The number of carbonyl (C=O) groups is 3. The van der Waals surface area contributed by atoms with Crippen molar-refractivity contribution in [3.63, 3.8) is 0 Å². The van der Waals surface area contributed by atoms with Gasteiger partial charge in [0.15, 0.2) is 17.3 Å². The number of Topliss-reactive ketones (excluding diaryl/α,β-unsaturated/α-hetero) is 3. The fourth-order valence-electron chi connectivity index (χ4n) is 8.81. The highest BCUT2D eigenvalue weighted by Crippen LogP contribution is 2.66. The van der Waals surface area contributed by atoms with E-state index in [1.54, 1.807) is 0 Å². The molecule has 0 bridgehead atoms. The van der Waals surface area contributed by atoms with Crippen molar-refractivity contribution in [3.8, 4) is 11.1 Å². The maximum atomic E-state index is 14.8. The molecule has 3 aliphatic rings. The van der Waals surface area contributed by atoms with Gasteiger partial charge in [0.25, 0.3) is 0 Å². The molecule has 3 atom stereocenters. The van der Waals surface area contributed by atoms with Crippen LogP contribution in [0.1, 0.15) is 115 Å². The summed E-state index contributed by atoms with van der Waals surface area (Å²) in [4.78, 5) is 41.6. The van der Waals surface area contributed by atoms with E-state index in [9.17, 15) is 14.4 Å². The molecule has 3 unspecified atom stereocenters. The molecule has 0 radical (unpaired) electrons. The van der Waals surface area contributed by atoms with Gasteiger partial charge in [0, 0.05) is 16.6 Å². The van der Waals surface area contributed by atoms with Crippen molar-refractivity contribution < 1.29 is 14.4 Å². The van der Waals surface area contributed by atoms with Gasteiger partial charge in [-0.25, -0.2) is 0 Å². The maximum absolute atomic E-state index is 14.8. The smallest absolute Gasteiger partial charge is 0.190 e. The van der Waals surface area contributed by atoms with Crippen LogP contribution in [0.2, 0.25) is 0 Å². The summed E-state index contributed by atoms with van der Waals surface area (Å²) >= 11 is 0. The van der Waals surface area contributed by atoms with Gasteiger partial charge in [0.05, 0.1) is 11.0 Å². The predicted molar refractivity (Wildman–Crippen MR) is 167 cm³/mol. The van der Waals surface area contributed by atoms with Crippen molar-refractivity contribution >= 4 is 17.3 Å². The highest BCUT2D eigenvalue weighted by atomic mass is 16.2. The Morgan fingerprint density at radius 3 is 2.10 bits per heavy atom. The van der Waals surface area contributed by atoms with Crippen molar-refractivity contribution in [1.82, 2.24) is 0 Å². The number of rotatable bonds is 3. The molecule has 2 aromatic carbocycles. The number of fused-ring (bicyclic) bond motifs is 3. The normalized spacial score (nSPS) is 28.0. The van der Waals surface area contributed by atoms with Gasteiger partial charge in [-0.3, -0.25) is 14.4 Å². The van der Waals surface area contributed by atoms with Crippen LogP contribution >= 0.6 is 0 Å². The topological polar surface area (TPSA) is 51.2 Å². The largest absolute Gasteiger partial charge is 0.294 e. The Kier molecular flexibility index (Phi) is 6.61. The lowest BCUT2D eigenvalue weighted by Gasteiger charge is -2.59. The average Bonchev–Trinajstić information content (AvgIpc) is 2.85. The Morgan fingerprint density at radius 1 is 0.951 bits per heavy atom. The molecule has 0 spiro atoms. The molecular weight excluding hydrogens is 504 g/mol. The highest BCUT2D eigenvalue weighted by molar-refractivity contribution is 6.24. The van der Waals surface area contributed by atoms with E-state index in [1.165, 1.54) is 18.1 Å². The quantitative estimate of drug-likeness (QED) is 0.359. The van der Waals surface area contributed by atoms with E-state index in [0.29, 0.717) is 12.0 Å². The summed E-state index contributed by atoms with van der Waals surface area (Å²) in [5, 5.41) is 0. The Balaban J connectivity index is 1.77. The zero-order valence-electron chi connectivity index (χ0n) is 26.9. The Hall–Kier alpha value is -3.07. The Morgan fingerprint density at radius 2 is 1.56 bits per heavy atom. The van der Waals surface area contributed by atoms with Crippen molar-refractivity contribution in [2.75, 3.05) is 0 Å². The first-order valence-electron chi connectivity index (χ1n) is 15.2. The highest BCUT2D eigenvalue weighted by Gasteiger charge is 2.63. The van der Waals surface area contributed by atoms with E-state index in [0.717, 1.165) is 63.8 Å². The molecule has 0 fully saturated rings. The summed E-state index contributed by atoms with van der Waals surface area (Å²) in [6.45, 7) is 22.8. The second kappa shape index (κ2) is 9.21. The lowest BCUT2D eigenvalue weighted by atomic mass is 9.42. The number of hydrogen-bond acceptors (Lipinski definition) is 3. The van der Waals surface area contributed by atoms with Gasteiger partial charge in [-0.05, 0) is 105 Å². The molecule has 3 heteroatoms. The van der Waals surface area contributed by atoms with Crippen LogP contribution in [0.25, 0.3) is 11.1 Å². The van der Waals surface area contributed by atoms with Crippen LogP contribution in [0, 0.1) is 23.2 Å². The summed E-state index contributed by atoms with van der Waals surface area (Å²) in [6, 6.07) is 11.2. The van der Waals surface area contributed by atoms with Gasteiger partial charge >= 0.3 is 0 Å². The van der Waals surface area contributed by atoms with E-state index < -0.39 is 10.8 Å². The maximum Gasteiger partial charge on any atom is 0.190 e. The van der Waals surface area contributed by atoms with Gasteiger partial charge in [-0.1, -0.05) is 83.0 Å². The summed E-state index contributed by atoms with van der Waals surface area (Å²) in [5.74, 6) is -0.216. The molecule has 0 aliphatic heterocycles. The van der Waals surface area contributed by atoms with Crippen molar-refractivity contribution in [2.45, 2.75) is 107 Å². The van der Waals surface area contributed by atoms with E-state index in [1.807, 2.05) is 20.8 Å². The summed E-state index contributed by atoms with van der Waals surface area (Å²) in [5.41, 5.74) is 9.04. The molecule has 0 heterocycles. The fraction of sp³-hybridized carbons (Fsp3) is 0.500. The summed E-state index contributed by atoms with van der Waals surface area (Å²) in [7, 11) is 0. The molecule has 2 aromatic rings. The van der Waals surface area contributed by atoms with Gasteiger partial charge in [0.1, 0.15) is 0 Å². The third kappa shape index (κ3) is 4.02. The molecule has 3 aliphatic carbocycles. The summed E-state index contributed by atoms with van der Waals surface area (Å²) < 4.78 is 0. The first kappa shape index (κ1) is 29.4.